The van der Waals surface area contributed by atoms with Crippen LogP contribution in [0, 0.1) is 28.6 Å². The van der Waals surface area contributed by atoms with E-state index in [4.69, 9.17) is 4.74 Å². The Bertz CT molecular complexity index is 891. The van der Waals surface area contributed by atoms with E-state index < -0.39 is 47.0 Å². The smallest absolute Gasteiger partial charge is 0.306 e. The van der Waals surface area contributed by atoms with E-state index >= 15 is 0 Å². The Kier molecular flexibility index (Phi) is 5.75. The van der Waals surface area contributed by atoms with E-state index in [9.17, 15) is 29.7 Å². The Morgan fingerprint density at radius 1 is 1.28 bits per heavy atom. The van der Waals surface area contributed by atoms with Crippen LogP contribution in [0.25, 0.3) is 0 Å². The molecule has 176 valence electrons. The molecular formula is C25H34O7. The summed E-state index contributed by atoms with van der Waals surface area (Å²) < 4.78 is 5.64. The van der Waals surface area contributed by atoms with E-state index in [0.29, 0.717) is 25.7 Å². The van der Waals surface area contributed by atoms with Crippen molar-refractivity contribution in [2.24, 2.45) is 28.6 Å². The quantitative estimate of drug-likeness (QED) is 0.551. The zero-order valence-electron chi connectivity index (χ0n) is 19.0. The molecule has 0 spiro atoms. The lowest BCUT2D eigenvalue weighted by molar-refractivity contribution is -0.197. The summed E-state index contributed by atoms with van der Waals surface area (Å²) in [5.41, 5.74) is -2.57. The lowest BCUT2D eigenvalue weighted by Crippen LogP contribution is -2.64. The number of ketones is 2. The molecule has 32 heavy (non-hydrogen) atoms. The van der Waals surface area contributed by atoms with Gasteiger partial charge in [-0.3, -0.25) is 14.4 Å². The fourth-order valence-electron chi connectivity index (χ4n) is 7.49. The van der Waals surface area contributed by atoms with E-state index in [1.807, 2.05) is 19.9 Å². The number of esters is 1. The minimum absolute atomic E-state index is 0.0309. The molecule has 4 aliphatic carbocycles. The van der Waals surface area contributed by atoms with Crippen molar-refractivity contribution in [2.45, 2.75) is 77.1 Å². The number of fused-ring (bicyclic) bond motifs is 5. The molecule has 3 fully saturated rings. The van der Waals surface area contributed by atoms with E-state index in [2.05, 4.69) is 0 Å². The zero-order chi connectivity index (χ0) is 23.5. The van der Waals surface area contributed by atoms with Gasteiger partial charge >= 0.3 is 5.97 Å². The van der Waals surface area contributed by atoms with Crippen LogP contribution in [0.1, 0.15) is 59.3 Å². The number of hydrogen-bond donors (Lipinski definition) is 3. The number of allylic oxidation sites excluding steroid dienone is 4. The molecule has 7 nitrogen and oxygen atoms in total. The normalized spacial score (nSPS) is 44.9. The van der Waals surface area contributed by atoms with Gasteiger partial charge in [-0.15, -0.1) is 0 Å². The minimum atomic E-state index is -2.06. The highest BCUT2D eigenvalue weighted by Crippen LogP contribution is 2.67. The second-order valence-corrected chi connectivity index (χ2v) is 10.5. The largest absolute Gasteiger partial charge is 0.459 e. The van der Waals surface area contributed by atoms with Gasteiger partial charge in [-0.1, -0.05) is 32.4 Å². The third-order valence-corrected chi connectivity index (χ3v) is 8.99. The summed E-state index contributed by atoms with van der Waals surface area (Å²) in [7, 11) is 0. The predicted molar refractivity (Wildman–Crippen MR) is 115 cm³/mol. The fraction of sp³-hybridized carbons (Fsp3) is 0.720. The second-order valence-electron chi connectivity index (χ2n) is 10.5. The standard InChI is InChI=1S/C25H34O7/c1-4-5-21(30)32-20-11-17-16-7-6-14-10-15(27)8-9-23(14,2)22(16)18(28)12-24(17,3)25(20,31)19(29)13-26/h8-10,16-18,20,22,26,28,31H,4-7,11-13H2,1-3H3. The molecule has 0 aromatic rings. The van der Waals surface area contributed by atoms with Gasteiger partial charge in [-0.25, -0.2) is 0 Å². The third-order valence-electron chi connectivity index (χ3n) is 8.99. The Hall–Kier alpha value is -1.83. The van der Waals surface area contributed by atoms with Crippen LogP contribution in [0.3, 0.4) is 0 Å². The number of aliphatic hydroxyl groups is 3. The molecule has 0 bridgehead atoms. The van der Waals surface area contributed by atoms with Crippen molar-refractivity contribution >= 4 is 17.5 Å². The number of hydrogen-bond acceptors (Lipinski definition) is 7. The minimum Gasteiger partial charge on any atom is -0.459 e. The number of aliphatic hydroxyl groups excluding tert-OH is 2. The van der Waals surface area contributed by atoms with E-state index in [1.165, 1.54) is 0 Å². The molecule has 4 aliphatic rings. The molecule has 0 radical (unpaired) electrons. The SMILES string of the molecule is CCCC(=O)OC1CC2C3CCC4=CC(=O)C=CC4(C)C3C(O)CC2(C)C1(O)C(=O)CO. The lowest BCUT2D eigenvalue weighted by atomic mass is 9.46. The molecule has 0 aromatic heterocycles. The van der Waals surface area contributed by atoms with Gasteiger partial charge in [0.15, 0.2) is 17.2 Å². The van der Waals surface area contributed by atoms with Gasteiger partial charge in [0.25, 0.3) is 0 Å². The molecule has 0 aliphatic heterocycles. The molecule has 8 atom stereocenters. The molecule has 0 aromatic carbocycles. The number of Topliss-reactive ketones (excluding diaryl/α,β-unsaturated/α-hetero) is 1. The van der Waals surface area contributed by atoms with Gasteiger partial charge in [-0.2, -0.15) is 0 Å². The summed E-state index contributed by atoms with van der Waals surface area (Å²) in [6, 6.07) is 0. The van der Waals surface area contributed by atoms with Crippen molar-refractivity contribution in [3.05, 3.63) is 23.8 Å². The van der Waals surface area contributed by atoms with Crippen LogP contribution in [-0.2, 0) is 19.1 Å². The number of ether oxygens (including phenoxy) is 1. The maximum atomic E-state index is 12.9. The van der Waals surface area contributed by atoms with Crippen molar-refractivity contribution in [1.82, 2.24) is 0 Å². The summed E-state index contributed by atoms with van der Waals surface area (Å²) in [6.45, 7) is 4.81. The Balaban J connectivity index is 1.75. The van der Waals surface area contributed by atoms with Crippen LogP contribution in [-0.4, -0.2) is 57.3 Å². The summed E-state index contributed by atoms with van der Waals surface area (Å²) in [6.07, 6.45) is 5.87. The van der Waals surface area contributed by atoms with E-state index in [-0.39, 0.29) is 36.4 Å². The van der Waals surface area contributed by atoms with Crippen molar-refractivity contribution < 1.29 is 34.4 Å². The molecular weight excluding hydrogens is 412 g/mol. The van der Waals surface area contributed by atoms with Gasteiger partial charge in [-0.05, 0) is 56.1 Å². The van der Waals surface area contributed by atoms with Gasteiger partial charge in [0.1, 0.15) is 12.7 Å². The second kappa shape index (κ2) is 7.89. The van der Waals surface area contributed by atoms with Crippen molar-refractivity contribution in [3.63, 3.8) is 0 Å². The Morgan fingerprint density at radius 2 is 2.00 bits per heavy atom. The number of rotatable bonds is 5. The molecule has 8 unspecified atom stereocenters. The maximum absolute atomic E-state index is 12.9. The summed E-state index contributed by atoms with van der Waals surface area (Å²) >= 11 is 0. The zero-order valence-corrected chi connectivity index (χ0v) is 19.0. The summed E-state index contributed by atoms with van der Waals surface area (Å²) in [5, 5.41) is 32.8. The van der Waals surface area contributed by atoms with Crippen LogP contribution in [0.15, 0.2) is 23.8 Å². The molecule has 0 heterocycles. The lowest BCUT2D eigenvalue weighted by Gasteiger charge is -2.59. The summed E-state index contributed by atoms with van der Waals surface area (Å²) in [4.78, 5) is 37.2. The highest BCUT2D eigenvalue weighted by Gasteiger charge is 2.72. The summed E-state index contributed by atoms with van der Waals surface area (Å²) in [5.74, 6) is -1.68. The van der Waals surface area contributed by atoms with Crippen LogP contribution in [0.5, 0.6) is 0 Å². The molecule has 7 heteroatoms. The topological polar surface area (TPSA) is 121 Å². The van der Waals surface area contributed by atoms with E-state index in [1.54, 1.807) is 19.1 Å². The van der Waals surface area contributed by atoms with Crippen LogP contribution < -0.4 is 0 Å². The fourth-order valence-corrected chi connectivity index (χ4v) is 7.49. The van der Waals surface area contributed by atoms with Gasteiger partial charge in [0.2, 0.25) is 0 Å². The Morgan fingerprint density at radius 3 is 2.66 bits per heavy atom. The van der Waals surface area contributed by atoms with Crippen LogP contribution in [0.2, 0.25) is 0 Å². The highest BCUT2D eigenvalue weighted by molar-refractivity contribution is 6.01. The Labute approximate surface area is 188 Å². The van der Waals surface area contributed by atoms with Gasteiger partial charge < -0.3 is 20.1 Å². The first-order valence-corrected chi connectivity index (χ1v) is 11.7. The van der Waals surface area contributed by atoms with E-state index in [0.717, 1.165) is 5.57 Å². The molecule has 0 saturated heterocycles. The first-order valence-electron chi connectivity index (χ1n) is 11.7. The molecule has 3 N–H and O–H groups in total. The van der Waals surface area contributed by atoms with Crippen molar-refractivity contribution in [1.29, 1.82) is 0 Å². The first-order chi connectivity index (χ1) is 15.0. The first kappa shape index (κ1) is 23.3. The van der Waals surface area contributed by atoms with Crippen molar-refractivity contribution in [2.75, 3.05) is 6.61 Å². The maximum Gasteiger partial charge on any atom is 0.306 e. The van der Waals surface area contributed by atoms with Crippen LogP contribution in [0.4, 0.5) is 0 Å². The molecule has 3 saturated carbocycles. The highest BCUT2D eigenvalue weighted by atomic mass is 16.6. The third kappa shape index (κ3) is 3.08. The van der Waals surface area contributed by atoms with Gasteiger partial charge in [0, 0.05) is 23.2 Å². The average molecular weight is 447 g/mol. The predicted octanol–water partition coefficient (Wildman–Crippen LogP) is 1.88. The average Bonchev–Trinajstić information content (AvgIpc) is 2.95. The number of carbonyl (C=O) groups is 3. The van der Waals surface area contributed by atoms with Crippen LogP contribution >= 0.6 is 0 Å². The molecule has 0 amide bonds. The van der Waals surface area contributed by atoms with Crippen molar-refractivity contribution in [3.8, 4) is 0 Å². The monoisotopic (exact) mass is 446 g/mol. The van der Waals surface area contributed by atoms with Gasteiger partial charge in [0.05, 0.1) is 6.10 Å². The number of carbonyl (C=O) groups excluding carboxylic acids is 3. The molecule has 4 rings (SSSR count).